The Morgan fingerprint density at radius 3 is 2.38 bits per heavy atom. The van der Waals surface area contributed by atoms with Gasteiger partial charge in [-0.2, -0.15) is 0 Å². The van der Waals surface area contributed by atoms with Crippen LogP contribution in [0, 0.1) is 0 Å². The molecular formula is C10H20NO2+. The van der Waals surface area contributed by atoms with Gasteiger partial charge in [0.1, 0.15) is 6.54 Å². The predicted octanol–water partition coefficient (Wildman–Crippen LogP) is 1.20. The summed E-state index contributed by atoms with van der Waals surface area (Å²) < 4.78 is 5.95. The number of nitrogens with zero attached hydrogens (tertiary/aromatic N) is 1. The summed E-state index contributed by atoms with van der Waals surface area (Å²) in [5.74, 6) is -0.333. The van der Waals surface area contributed by atoms with Crippen LogP contribution in [-0.4, -0.2) is 44.2 Å². The van der Waals surface area contributed by atoms with Crippen LogP contribution in [0.15, 0.2) is 12.7 Å². The summed E-state index contributed by atoms with van der Waals surface area (Å²) >= 11 is 0. The van der Waals surface area contributed by atoms with Crippen LogP contribution in [0.2, 0.25) is 0 Å². The fourth-order valence-corrected chi connectivity index (χ4v) is 1.07. The second-order valence-electron chi connectivity index (χ2n) is 4.14. The van der Waals surface area contributed by atoms with Crippen molar-refractivity contribution in [3.8, 4) is 0 Å². The van der Waals surface area contributed by atoms with Gasteiger partial charge in [0.15, 0.2) is 6.10 Å². The molecule has 0 spiro atoms. The van der Waals surface area contributed by atoms with Crippen LogP contribution >= 0.6 is 0 Å². The highest BCUT2D eigenvalue weighted by atomic mass is 16.5. The van der Waals surface area contributed by atoms with Crippen LogP contribution in [0.1, 0.15) is 13.3 Å². The Morgan fingerprint density at radius 1 is 1.54 bits per heavy atom. The van der Waals surface area contributed by atoms with Crippen molar-refractivity contribution in [3.05, 3.63) is 12.7 Å². The Morgan fingerprint density at radius 2 is 2.08 bits per heavy atom. The van der Waals surface area contributed by atoms with Gasteiger partial charge in [-0.15, -0.1) is 0 Å². The van der Waals surface area contributed by atoms with E-state index in [2.05, 4.69) is 27.7 Å². The summed E-state index contributed by atoms with van der Waals surface area (Å²) in [5.41, 5.74) is 0. The zero-order valence-electron chi connectivity index (χ0n) is 9.04. The first-order valence-corrected chi connectivity index (χ1v) is 4.52. The van der Waals surface area contributed by atoms with Crippen molar-refractivity contribution >= 4 is 5.97 Å². The lowest BCUT2D eigenvalue weighted by Crippen LogP contribution is -2.42. The largest absolute Gasteiger partial charge is 0.453 e. The Hall–Kier alpha value is -0.830. The lowest BCUT2D eigenvalue weighted by Gasteiger charge is -2.28. The van der Waals surface area contributed by atoms with E-state index >= 15 is 0 Å². The molecule has 0 rings (SSSR count). The first kappa shape index (κ1) is 12.2. The number of rotatable bonds is 5. The minimum Gasteiger partial charge on any atom is -0.453 e. The van der Waals surface area contributed by atoms with E-state index in [0.29, 0.717) is 0 Å². The number of esters is 1. The molecule has 76 valence electrons. The Bertz CT molecular complexity index is 182. The zero-order chi connectivity index (χ0) is 10.5. The lowest BCUT2D eigenvalue weighted by atomic mass is 10.2. The van der Waals surface area contributed by atoms with Gasteiger partial charge in [-0.1, -0.05) is 13.5 Å². The van der Waals surface area contributed by atoms with E-state index in [1.54, 1.807) is 0 Å². The second kappa shape index (κ2) is 5.02. The summed E-state index contributed by atoms with van der Waals surface area (Å²) in [6.07, 6.45) is 2.04. The van der Waals surface area contributed by atoms with Crippen LogP contribution in [0.4, 0.5) is 0 Å². The van der Waals surface area contributed by atoms with Crippen molar-refractivity contribution in [2.45, 2.75) is 19.4 Å². The summed E-state index contributed by atoms with van der Waals surface area (Å²) in [6, 6.07) is 0. The van der Waals surface area contributed by atoms with Gasteiger partial charge in [-0.25, -0.2) is 4.79 Å². The van der Waals surface area contributed by atoms with Crippen LogP contribution in [-0.2, 0) is 9.53 Å². The maximum atomic E-state index is 10.9. The molecule has 0 aliphatic carbocycles. The number of quaternary nitrogens is 1. The molecule has 0 fully saturated rings. The normalized spacial score (nSPS) is 13.5. The molecule has 0 amide bonds. The smallest absolute Gasteiger partial charge is 0.330 e. The summed E-state index contributed by atoms with van der Waals surface area (Å²) in [4.78, 5) is 10.9. The third-order valence-electron chi connectivity index (χ3n) is 1.66. The number of likely N-dealkylation sites (N-methyl/N-ethyl adjacent to an activating group) is 1. The number of hydrogen-bond acceptors (Lipinski definition) is 2. The molecule has 0 aliphatic rings. The average Bonchev–Trinajstić information content (AvgIpc) is 2.00. The minimum absolute atomic E-state index is 0.00880. The van der Waals surface area contributed by atoms with Crippen molar-refractivity contribution in [2.75, 3.05) is 27.7 Å². The molecule has 0 heterocycles. The minimum atomic E-state index is -0.333. The molecule has 1 unspecified atom stereocenters. The first-order chi connectivity index (χ1) is 5.89. The van der Waals surface area contributed by atoms with Gasteiger partial charge in [0.05, 0.1) is 21.1 Å². The number of carbonyl (C=O) groups excluding carboxylic acids is 1. The highest BCUT2D eigenvalue weighted by Crippen LogP contribution is 2.04. The van der Waals surface area contributed by atoms with E-state index in [-0.39, 0.29) is 12.1 Å². The average molecular weight is 186 g/mol. The van der Waals surface area contributed by atoms with Gasteiger partial charge < -0.3 is 9.22 Å². The molecule has 13 heavy (non-hydrogen) atoms. The zero-order valence-corrected chi connectivity index (χ0v) is 9.04. The van der Waals surface area contributed by atoms with Gasteiger partial charge >= 0.3 is 5.97 Å². The highest BCUT2D eigenvalue weighted by Gasteiger charge is 2.18. The van der Waals surface area contributed by atoms with Crippen molar-refractivity contribution in [2.24, 2.45) is 0 Å². The van der Waals surface area contributed by atoms with Gasteiger partial charge in [0, 0.05) is 6.08 Å². The molecular weight excluding hydrogens is 166 g/mol. The standard InChI is InChI=1S/C10H20NO2/c1-6-9(8-11(3,4)5)13-10(12)7-2/h7,9H,2,6,8H2,1,3-5H3/q+1. The third kappa shape index (κ3) is 6.34. The quantitative estimate of drug-likeness (QED) is 0.366. The SMILES string of the molecule is C=CC(=O)OC(CC)C[N+](C)(C)C. The second-order valence-corrected chi connectivity index (χ2v) is 4.14. The summed E-state index contributed by atoms with van der Waals surface area (Å²) in [5, 5.41) is 0. The van der Waals surface area contributed by atoms with E-state index in [0.717, 1.165) is 17.4 Å². The molecule has 0 radical (unpaired) electrons. The molecule has 0 aromatic rings. The maximum absolute atomic E-state index is 10.9. The van der Waals surface area contributed by atoms with Crippen LogP contribution in [0.5, 0.6) is 0 Å². The fourth-order valence-electron chi connectivity index (χ4n) is 1.07. The number of hydrogen-bond donors (Lipinski definition) is 0. The molecule has 0 N–H and O–H groups in total. The molecule has 0 saturated carbocycles. The summed E-state index contributed by atoms with van der Waals surface area (Å²) in [6.45, 7) is 6.20. The van der Waals surface area contributed by atoms with E-state index in [4.69, 9.17) is 4.74 Å². The predicted molar refractivity (Wildman–Crippen MR) is 53.3 cm³/mol. The van der Waals surface area contributed by atoms with Crippen molar-refractivity contribution < 1.29 is 14.0 Å². The van der Waals surface area contributed by atoms with Gasteiger partial charge in [0.25, 0.3) is 0 Å². The molecule has 0 aromatic carbocycles. The van der Waals surface area contributed by atoms with Crippen molar-refractivity contribution in [1.82, 2.24) is 0 Å². The Balaban J connectivity index is 4.04. The molecule has 0 aliphatic heterocycles. The van der Waals surface area contributed by atoms with Gasteiger partial charge in [-0.05, 0) is 6.42 Å². The van der Waals surface area contributed by atoms with Crippen LogP contribution in [0.3, 0.4) is 0 Å². The first-order valence-electron chi connectivity index (χ1n) is 4.52. The monoisotopic (exact) mass is 186 g/mol. The van der Waals surface area contributed by atoms with Crippen molar-refractivity contribution in [1.29, 1.82) is 0 Å². The van der Waals surface area contributed by atoms with Gasteiger partial charge in [-0.3, -0.25) is 0 Å². The van der Waals surface area contributed by atoms with Crippen LogP contribution in [0.25, 0.3) is 0 Å². The van der Waals surface area contributed by atoms with E-state index in [1.165, 1.54) is 6.08 Å². The van der Waals surface area contributed by atoms with Crippen molar-refractivity contribution in [3.63, 3.8) is 0 Å². The fraction of sp³-hybridized carbons (Fsp3) is 0.700. The van der Waals surface area contributed by atoms with Gasteiger partial charge in [0.2, 0.25) is 0 Å². The third-order valence-corrected chi connectivity index (χ3v) is 1.66. The molecule has 0 bridgehead atoms. The molecule has 3 nitrogen and oxygen atoms in total. The lowest BCUT2D eigenvalue weighted by molar-refractivity contribution is -0.873. The number of ether oxygens (including phenoxy) is 1. The van der Waals surface area contributed by atoms with E-state index in [9.17, 15) is 4.79 Å². The maximum Gasteiger partial charge on any atom is 0.330 e. The Kier molecular flexibility index (Phi) is 4.70. The van der Waals surface area contributed by atoms with Crippen LogP contribution < -0.4 is 0 Å². The van der Waals surface area contributed by atoms with E-state index < -0.39 is 0 Å². The summed E-state index contributed by atoms with van der Waals surface area (Å²) in [7, 11) is 6.22. The molecule has 0 aromatic heterocycles. The Labute approximate surface area is 80.6 Å². The van der Waals surface area contributed by atoms with E-state index in [1.807, 2.05) is 6.92 Å². The molecule has 3 heteroatoms. The number of carbonyl (C=O) groups is 1. The molecule has 1 atom stereocenters. The topological polar surface area (TPSA) is 26.3 Å². The highest BCUT2D eigenvalue weighted by molar-refractivity contribution is 5.81. The molecule has 0 saturated heterocycles.